The molecule has 0 saturated carbocycles. The lowest BCUT2D eigenvalue weighted by Gasteiger charge is -2.24. The monoisotopic (exact) mass is 386 g/mol. The molecule has 2 aliphatic heterocycles. The molecule has 2 heterocycles. The van der Waals surface area contributed by atoms with Crippen LogP contribution in [0.3, 0.4) is 0 Å². The van der Waals surface area contributed by atoms with Crippen molar-refractivity contribution in [3.05, 3.63) is 32.7 Å². The number of hydrogen-bond donors (Lipinski definition) is 1. The molecule has 2 aliphatic rings. The van der Waals surface area contributed by atoms with Crippen LogP contribution in [0.5, 0.6) is 0 Å². The standard InChI is InChI=1S/C14H16Br2N2O/c15-10-5-9(6-11(16)7-10)14(19)18-4-3-12-1-2-13(8-18)17-12/h5-7,12-13,17H,1-4,8H2. The van der Waals surface area contributed by atoms with E-state index >= 15 is 0 Å². The Bertz CT molecular complexity index is 486. The van der Waals surface area contributed by atoms with Gasteiger partial charge in [0.2, 0.25) is 0 Å². The Morgan fingerprint density at radius 1 is 1.11 bits per heavy atom. The summed E-state index contributed by atoms with van der Waals surface area (Å²) in [7, 11) is 0. The van der Waals surface area contributed by atoms with E-state index in [1.807, 2.05) is 23.1 Å². The maximum absolute atomic E-state index is 12.6. The first kappa shape index (κ1) is 13.6. The molecule has 102 valence electrons. The average molecular weight is 388 g/mol. The molecule has 0 radical (unpaired) electrons. The van der Waals surface area contributed by atoms with Crippen LogP contribution in [-0.4, -0.2) is 36.0 Å². The molecule has 5 heteroatoms. The van der Waals surface area contributed by atoms with Crippen molar-refractivity contribution in [3.63, 3.8) is 0 Å². The van der Waals surface area contributed by atoms with E-state index in [9.17, 15) is 4.79 Å². The van der Waals surface area contributed by atoms with Gasteiger partial charge in [-0.1, -0.05) is 31.9 Å². The van der Waals surface area contributed by atoms with Crippen LogP contribution in [-0.2, 0) is 0 Å². The predicted molar refractivity (Wildman–Crippen MR) is 82.3 cm³/mol. The maximum atomic E-state index is 12.6. The number of nitrogens with zero attached hydrogens (tertiary/aromatic N) is 1. The van der Waals surface area contributed by atoms with Crippen molar-refractivity contribution in [2.24, 2.45) is 0 Å². The molecule has 2 saturated heterocycles. The normalized spacial score (nSPS) is 26.3. The summed E-state index contributed by atoms with van der Waals surface area (Å²) in [5, 5.41) is 3.60. The molecular formula is C14H16Br2N2O. The molecule has 0 aliphatic carbocycles. The summed E-state index contributed by atoms with van der Waals surface area (Å²) in [4.78, 5) is 14.6. The van der Waals surface area contributed by atoms with Crippen LogP contribution in [0, 0.1) is 0 Å². The Morgan fingerprint density at radius 2 is 1.79 bits per heavy atom. The SMILES string of the molecule is O=C(c1cc(Br)cc(Br)c1)N1CCC2CCC(C1)N2. The fourth-order valence-corrected chi connectivity index (χ4v) is 4.28. The lowest BCUT2D eigenvalue weighted by molar-refractivity contribution is 0.0748. The van der Waals surface area contributed by atoms with Gasteiger partial charge in [-0.25, -0.2) is 0 Å². The Labute approximate surface area is 130 Å². The van der Waals surface area contributed by atoms with Gasteiger partial charge in [0.25, 0.3) is 5.91 Å². The number of carbonyl (C=O) groups excluding carboxylic acids is 1. The van der Waals surface area contributed by atoms with Crippen molar-refractivity contribution in [2.75, 3.05) is 13.1 Å². The fraction of sp³-hybridized carbons (Fsp3) is 0.500. The van der Waals surface area contributed by atoms with Gasteiger partial charge in [0.05, 0.1) is 0 Å². The number of amides is 1. The lowest BCUT2D eigenvalue weighted by Crippen LogP contribution is -2.39. The summed E-state index contributed by atoms with van der Waals surface area (Å²) in [5.41, 5.74) is 0.749. The van der Waals surface area contributed by atoms with Crippen LogP contribution in [0.1, 0.15) is 29.6 Å². The second kappa shape index (κ2) is 5.54. The highest BCUT2D eigenvalue weighted by molar-refractivity contribution is 9.11. The summed E-state index contributed by atoms with van der Waals surface area (Å²) < 4.78 is 1.86. The molecule has 2 fully saturated rings. The predicted octanol–water partition coefficient (Wildman–Crippen LogP) is 3.18. The Hall–Kier alpha value is -0.390. The number of carbonyl (C=O) groups is 1. The highest BCUT2D eigenvalue weighted by atomic mass is 79.9. The van der Waals surface area contributed by atoms with Crippen molar-refractivity contribution in [1.29, 1.82) is 0 Å². The van der Waals surface area contributed by atoms with Crippen LogP contribution in [0.25, 0.3) is 0 Å². The van der Waals surface area contributed by atoms with Crippen LogP contribution in [0.2, 0.25) is 0 Å². The minimum atomic E-state index is 0.136. The molecule has 3 rings (SSSR count). The highest BCUT2D eigenvalue weighted by Crippen LogP contribution is 2.24. The third-order valence-corrected chi connectivity index (χ3v) is 4.84. The molecule has 3 nitrogen and oxygen atoms in total. The first-order chi connectivity index (χ1) is 9.11. The highest BCUT2D eigenvalue weighted by Gasteiger charge is 2.31. The molecule has 19 heavy (non-hydrogen) atoms. The van der Waals surface area contributed by atoms with Crippen LogP contribution in [0.15, 0.2) is 27.1 Å². The topological polar surface area (TPSA) is 32.3 Å². The summed E-state index contributed by atoms with van der Waals surface area (Å²) in [6.07, 6.45) is 3.52. The second-order valence-corrected chi connectivity index (χ2v) is 7.17. The van der Waals surface area contributed by atoms with Gasteiger partial charge in [0.15, 0.2) is 0 Å². The first-order valence-corrected chi connectivity index (χ1v) is 8.22. The summed E-state index contributed by atoms with van der Waals surface area (Å²) in [6.45, 7) is 1.69. The number of hydrogen-bond acceptors (Lipinski definition) is 2. The Morgan fingerprint density at radius 3 is 2.53 bits per heavy atom. The van der Waals surface area contributed by atoms with Gasteiger partial charge < -0.3 is 10.2 Å². The van der Waals surface area contributed by atoms with E-state index in [0.29, 0.717) is 12.1 Å². The van der Waals surface area contributed by atoms with Crippen molar-refractivity contribution in [2.45, 2.75) is 31.3 Å². The van der Waals surface area contributed by atoms with Crippen molar-refractivity contribution in [1.82, 2.24) is 10.2 Å². The number of nitrogens with one attached hydrogen (secondary N) is 1. The summed E-state index contributed by atoms with van der Waals surface area (Å²) in [5.74, 6) is 0.136. The number of benzene rings is 1. The molecule has 1 N–H and O–H groups in total. The maximum Gasteiger partial charge on any atom is 0.253 e. The number of fused-ring (bicyclic) bond motifs is 2. The van der Waals surface area contributed by atoms with Crippen LogP contribution in [0.4, 0.5) is 0 Å². The third-order valence-electron chi connectivity index (χ3n) is 3.92. The van der Waals surface area contributed by atoms with E-state index in [4.69, 9.17) is 0 Å². The quantitative estimate of drug-likeness (QED) is 0.802. The zero-order chi connectivity index (χ0) is 13.4. The molecular weight excluding hydrogens is 372 g/mol. The minimum absolute atomic E-state index is 0.136. The third kappa shape index (κ3) is 3.03. The smallest absolute Gasteiger partial charge is 0.253 e. The van der Waals surface area contributed by atoms with E-state index in [1.54, 1.807) is 0 Å². The zero-order valence-corrected chi connectivity index (χ0v) is 13.7. The molecule has 1 aromatic carbocycles. The van der Waals surface area contributed by atoms with Gasteiger partial charge in [0.1, 0.15) is 0 Å². The largest absolute Gasteiger partial charge is 0.337 e. The molecule has 0 aromatic heterocycles. The van der Waals surface area contributed by atoms with E-state index in [-0.39, 0.29) is 5.91 Å². The van der Waals surface area contributed by atoms with Crippen molar-refractivity contribution >= 4 is 37.8 Å². The summed E-state index contributed by atoms with van der Waals surface area (Å²) >= 11 is 6.88. The summed E-state index contributed by atoms with van der Waals surface area (Å²) in [6, 6.07) is 6.82. The van der Waals surface area contributed by atoms with E-state index in [0.717, 1.165) is 34.0 Å². The van der Waals surface area contributed by atoms with Crippen molar-refractivity contribution in [3.8, 4) is 0 Å². The van der Waals surface area contributed by atoms with Crippen LogP contribution < -0.4 is 5.32 Å². The van der Waals surface area contributed by atoms with Gasteiger partial charge in [-0.2, -0.15) is 0 Å². The number of likely N-dealkylation sites (tertiary alicyclic amines) is 1. The van der Waals surface area contributed by atoms with E-state index in [2.05, 4.69) is 37.2 Å². The van der Waals surface area contributed by atoms with E-state index < -0.39 is 0 Å². The van der Waals surface area contributed by atoms with Gasteiger partial charge in [-0.05, 0) is 37.5 Å². The minimum Gasteiger partial charge on any atom is -0.337 e. The lowest BCUT2D eigenvalue weighted by atomic mass is 10.1. The fourth-order valence-electron chi connectivity index (χ4n) is 2.99. The van der Waals surface area contributed by atoms with Gasteiger partial charge in [-0.3, -0.25) is 4.79 Å². The molecule has 1 amide bonds. The number of rotatable bonds is 1. The second-order valence-electron chi connectivity index (χ2n) is 5.34. The zero-order valence-electron chi connectivity index (χ0n) is 10.5. The van der Waals surface area contributed by atoms with E-state index in [1.165, 1.54) is 12.8 Å². The first-order valence-electron chi connectivity index (χ1n) is 6.63. The van der Waals surface area contributed by atoms with Crippen molar-refractivity contribution < 1.29 is 4.79 Å². The van der Waals surface area contributed by atoms with Gasteiger partial charge in [0, 0.05) is 39.7 Å². The Kier molecular flexibility index (Phi) is 3.96. The number of halogens is 2. The molecule has 0 spiro atoms. The van der Waals surface area contributed by atoms with Crippen LogP contribution >= 0.6 is 31.9 Å². The molecule has 2 unspecified atom stereocenters. The molecule has 2 atom stereocenters. The average Bonchev–Trinajstić information content (AvgIpc) is 2.67. The van der Waals surface area contributed by atoms with Gasteiger partial charge >= 0.3 is 0 Å². The Balaban J connectivity index is 1.79. The molecule has 2 bridgehead atoms. The molecule has 1 aromatic rings. The van der Waals surface area contributed by atoms with Gasteiger partial charge in [-0.15, -0.1) is 0 Å².